The van der Waals surface area contributed by atoms with E-state index < -0.39 is 0 Å². The van der Waals surface area contributed by atoms with Gasteiger partial charge in [0.25, 0.3) is 0 Å². The zero-order valence-corrected chi connectivity index (χ0v) is 15.6. The molecule has 1 heterocycles. The molecule has 1 aromatic rings. The first-order valence-corrected chi connectivity index (χ1v) is 9.34. The van der Waals surface area contributed by atoms with Crippen molar-refractivity contribution in [1.29, 1.82) is 0 Å². The highest BCUT2D eigenvalue weighted by Crippen LogP contribution is 2.20. The van der Waals surface area contributed by atoms with Gasteiger partial charge in [0.2, 0.25) is 0 Å². The number of halogens is 1. The Morgan fingerprint density at radius 2 is 1.67 bits per heavy atom. The highest BCUT2D eigenvalue weighted by Gasteiger charge is 2.07. The normalized spacial score (nSPS) is 12.0. The molecule has 122 valence electrons. The summed E-state index contributed by atoms with van der Waals surface area (Å²) < 4.78 is 0.877. The summed E-state index contributed by atoms with van der Waals surface area (Å²) in [6.07, 6.45) is 2.58. The van der Waals surface area contributed by atoms with Gasteiger partial charge in [0.1, 0.15) is 0 Å². The van der Waals surface area contributed by atoms with Crippen LogP contribution < -0.4 is 5.32 Å². The molecule has 0 saturated heterocycles. The molecule has 0 amide bonds. The summed E-state index contributed by atoms with van der Waals surface area (Å²) in [7, 11) is 0. The van der Waals surface area contributed by atoms with Crippen molar-refractivity contribution in [3.05, 3.63) is 21.3 Å². The van der Waals surface area contributed by atoms with Crippen molar-refractivity contribution >= 4 is 22.9 Å². The van der Waals surface area contributed by atoms with Gasteiger partial charge in [0, 0.05) is 24.5 Å². The van der Waals surface area contributed by atoms with Crippen LogP contribution in [-0.2, 0) is 6.54 Å². The third-order valence-corrected chi connectivity index (χ3v) is 4.81. The van der Waals surface area contributed by atoms with Crippen LogP contribution in [0.1, 0.15) is 45.4 Å². The zero-order chi connectivity index (χ0) is 15.7. The second-order valence-corrected chi connectivity index (χ2v) is 8.39. The summed E-state index contributed by atoms with van der Waals surface area (Å²) in [6, 6.07) is 4.08. The fourth-order valence-electron chi connectivity index (χ4n) is 2.11. The average Bonchev–Trinajstić information content (AvgIpc) is 2.82. The quantitative estimate of drug-likeness (QED) is 0.581. The van der Waals surface area contributed by atoms with Gasteiger partial charge in [-0.25, -0.2) is 0 Å². The molecule has 0 saturated carbocycles. The van der Waals surface area contributed by atoms with E-state index in [0.717, 1.165) is 35.8 Å². The van der Waals surface area contributed by atoms with Crippen LogP contribution in [-0.4, -0.2) is 31.1 Å². The molecule has 1 N–H and O–H groups in total. The Morgan fingerprint density at radius 3 is 2.14 bits per heavy atom. The first-order chi connectivity index (χ1) is 9.97. The first-order valence-electron chi connectivity index (χ1n) is 8.14. The van der Waals surface area contributed by atoms with Gasteiger partial charge in [0.05, 0.1) is 4.34 Å². The van der Waals surface area contributed by atoms with Crippen molar-refractivity contribution in [3.8, 4) is 0 Å². The minimum atomic E-state index is 0.785. The molecule has 0 aliphatic heterocycles. The van der Waals surface area contributed by atoms with Gasteiger partial charge in [-0.15, -0.1) is 11.3 Å². The topological polar surface area (TPSA) is 15.3 Å². The number of hydrogen-bond acceptors (Lipinski definition) is 3. The molecule has 0 bridgehead atoms. The van der Waals surface area contributed by atoms with E-state index in [1.165, 1.54) is 30.8 Å². The van der Waals surface area contributed by atoms with Crippen LogP contribution in [0.5, 0.6) is 0 Å². The monoisotopic (exact) mass is 330 g/mol. The van der Waals surface area contributed by atoms with Crippen LogP contribution in [0, 0.1) is 11.8 Å². The lowest BCUT2D eigenvalue weighted by Crippen LogP contribution is -2.34. The number of rotatable bonds is 11. The highest BCUT2D eigenvalue weighted by atomic mass is 35.5. The van der Waals surface area contributed by atoms with E-state index in [4.69, 9.17) is 11.6 Å². The van der Waals surface area contributed by atoms with Crippen molar-refractivity contribution in [3.63, 3.8) is 0 Å². The van der Waals surface area contributed by atoms with Crippen molar-refractivity contribution < 1.29 is 0 Å². The molecular formula is C17H31ClN2S. The Kier molecular flexibility index (Phi) is 9.57. The zero-order valence-electron chi connectivity index (χ0n) is 14.0. The Hall–Kier alpha value is -0.0900. The largest absolute Gasteiger partial charge is 0.311 e. The molecule has 0 atom stereocenters. The molecule has 0 aliphatic carbocycles. The number of hydrogen-bond donors (Lipinski definition) is 1. The average molecular weight is 331 g/mol. The van der Waals surface area contributed by atoms with E-state index in [9.17, 15) is 0 Å². The second kappa shape index (κ2) is 10.6. The fourth-order valence-corrected chi connectivity index (χ4v) is 3.17. The van der Waals surface area contributed by atoms with E-state index in [1.807, 2.05) is 6.07 Å². The first kappa shape index (κ1) is 19.0. The minimum absolute atomic E-state index is 0.785. The molecular weight excluding hydrogens is 300 g/mol. The maximum atomic E-state index is 5.95. The fraction of sp³-hybridized carbons (Fsp3) is 0.765. The van der Waals surface area contributed by atoms with E-state index in [0.29, 0.717) is 0 Å². The number of nitrogens with zero attached hydrogens (tertiary/aromatic N) is 1. The van der Waals surface area contributed by atoms with Gasteiger partial charge < -0.3 is 10.2 Å². The van der Waals surface area contributed by atoms with Gasteiger partial charge in [0.15, 0.2) is 0 Å². The molecule has 0 radical (unpaired) electrons. The summed E-state index contributed by atoms with van der Waals surface area (Å²) in [5.41, 5.74) is 0. The van der Waals surface area contributed by atoms with Crippen molar-refractivity contribution in [2.75, 3.05) is 26.2 Å². The lowest BCUT2D eigenvalue weighted by molar-refractivity contribution is 0.243. The lowest BCUT2D eigenvalue weighted by Gasteiger charge is -2.24. The number of thiophene rings is 1. The van der Waals surface area contributed by atoms with Crippen LogP contribution in [0.15, 0.2) is 12.1 Å². The van der Waals surface area contributed by atoms with Gasteiger partial charge in [-0.2, -0.15) is 0 Å². The summed E-state index contributed by atoms with van der Waals surface area (Å²) in [6.45, 7) is 14.8. The lowest BCUT2D eigenvalue weighted by atomic mass is 10.1. The summed E-state index contributed by atoms with van der Waals surface area (Å²) >= 11 is 7.61. The molecule has 0 unspecified atom stereocenters. The molecule has 2 nitrogen and oxygen atoms in total. The molecule has 4 heteroatoms. The van der Waals surface area contributed by atoms with Gasteiger partial charge in [-0.1, -0.05) is 39.3 Å². The van der Waals surface area contributed by atoms with E-state index >= 15 is 0 Å². The predicted molar refractivity (Wildman–Crippen MR) is 96.4 cm³/mol. The van der Waals surface area contributed by atoms with Gasteiger partial charge in [-0.05, 0) is 49.9 Å². The third kappa shape index (κ3) is 9.51. The standard InChI is InChI=1S/C17H31ClN2S/c1-14(2)7-10-20(11-8-15(3)4)12-9-19-13-16-5-6-17(18)21-16/h5-6,14-15,19H,7-13H2,1-4H3. The Bertz CT molecular complexity index is 365. The van der Waals surface area contributed by atoms with E-state index in [1.54, 1.807) is 11.3 Å². The van der Waals surface area contributed by atoms with Crippen molar-refractivity contribution in [2.24, 2.45) is 11.8 Å². The van der Waals surface area contributed by atoms with Gasteiger partial charge in [-0.3, -0.25) is 0 Å². The molecule has 21 heavy (non-hydrogen) atoms. The molecule has 0 aromatic carbocycles. The summed E-state index contributed by atoms with van der Waals surface area (Å²) in [5.74, 6) is 1.57. The van der Waals surface area contributed by atoms with Crippen LogP contribution in [0.3, 0.4) is 0 Å². The molecule has 1 rings (SSSR count). The smallest absolute Gasteiger partial charge is 0.0931 e. The van der Waals surface area contributed by atoms with Crippen molar-refractivity contribution in [1.82, 2.24) is 10.2 Å². The Labute approximate surface area is 139 Å². The van der Waals surface area contributed by atoms with Gasteiger partial charge >= 0.3 is 0 Å². The maximum Gasteiger partial charge on any atom is 0.0931 e. The Morgan fingerprint density at radius 1 is 1.05 bits per heavy atom. The van der Waals surface area contributed by atoms with E-state index in [2.05, 4.69) is 44.0 Å². The maximum absolute atomic E-state index is 5.95. The molecule has 0 aliphatic rings. The highest BCUT2D eigenvalue weighted by molar-refractivity contribution is 7.16. The predicted octanol–water partition coefficient (Wildman–Crippen LogP) is 4.89. The second-order valence-electron chi connectivity index (χ2n) is 6.59. The van der Waals surface area contributed by atoms with Crippen LogP contribution >= 0.6 is 22.9 Å². The SMILES string of the molecule is CC(C)CCN(CCNCc1ccc(Cl)s1)CCC(C)C. The van der Waals surface area contributed by atoms with E-state index in [-0.39, 0.29) is 0 Å². The molecule has 0 spiro atoms. The summed E-state index contributed by atoms with van der Waals surface area (Å²) in [4.78, 5) is 3.92. The minimum Gasteiger partial charge on any atom is -0.311 e. The molecule has 1 aromatic heterocycles. The molecule has 0 fully saturated rings. The van der Waals surface area contributed by atoms with Crippen LogP contribution in [0.4, 0.5) is 0 Å². The third-order valence-electron chi connectivity index (χ3n) is 3.58. The number of nitrogens with one attached hydrogen (secondary N) is 1. The van der Waals surface area contributed by atoms with Crippen molar-refractivity contribution in [2.45, 2.75) is 47.1 Å². The van der Waals surface area contributed by atoms with Crippen LogP contribution in [0.25, 0.3) is 0 Å². The Balaban J connectivity index is 2.23. The van der Waals surface area contributed by atoms with Crippen LogP contribution in [0.2, 0.25) is 4.34 Å². The summed E-state index contributed by atoms with van der Waals surface area (Å²) in [5, 5.41) is 3.53.